The molecule has 0 aliphatic rings. The van der Waals surface area contributed by atoms with Crippen molar-refractivity contribution in [2.24, 2.45) is 0 Å². The molecule has 2 N–H and O–H groups in total. The summed E-state index contributed by atoms with van der Waals surface area (Å²) >= 11 is 0. The molecule has 0 spiro atoms. The first-order valence-corrected chi connectivity index (χ1v) is 9.83. The van der Waals surface area contributed by atoms with Gasteiger partial charge in [-0.3, -0.25) is 9.89 Å². The van der Waals surface area contributed by atoms with E-state index in [1.807, 2.05) is 13.8 Å². The fourth-order valence-electron chi connectivity index (χ4n) is 3.30. The summed E-state index contributed by atoms with van der Waals surface area (Å²) in [6.45, 7) is 3.94. The normalized spacial score (nSPS) is 12.7. The van der Waals surface area contributed by atoms with Crippen molar-refractivity contribution in [3.8, 4) is 5.75 Å². The molecule has 0 saturated carbocycles. The highest BCUT2D eigenvalue weighted by molar-refractivity contribution is 5.67. The number of carbonyl (C=O) groups is 1. The Morgan fingerprint density at radius 3 is 2.48 bits per heavy atom. The standard InChI is InChI=1S/C23H23F3N2O3/c1-14(2)21-19(13-27-28-21)22(16-7-9-17(10-8-16)23(24,25)26)31-18-5-3-4-15(12-18)6-11-20(29)30/h3-5,7-10,12-14,22H,6,11H2,1-2H3,(H,27,28)(H,29,30). The average Bonchev–Trinajstić information content (AvgIpc) is 3.20. The van der Waals surface area contributed by atoms with Crippen LogP contribution in [0, 0.1) is 0 Å². The molecule has 3 aromatic rings. The summed E-state index contributed by atoms with van der Waals surface area (Å²) in [4.78, 5) is 10.9. The van der Waals surface area contributed by atoms with Gasteiger partial charge in [0.25, 0.3) is 0 Å². The first-order valence-electron chi connectivity index (χ1n) is 9.83. The van der Waals surface area contributed by atoms with Crippen LogP contribution in [0.4, 0.5) is 13.2 Å². The number of hydrogen-bond donors (Lipinski definition) is 2. The number of benzene rings is 2. The summed E-state index contributed by atoms with van der Waals surface area (Å²) in [5, 5.41) is 16.0. The second kappa shape index (κ2) is 9.24. The lowest BCUT2D eigenvalue weighted by molar-refractivity contribution is -0.138. The van der Waals surface area contributed by atoms with Crippen LogP contribution in [-0.2, 0) is 17.4 Å². The van der Waals surface area contributed by atoms with E-state index >= 15 is 0 Å². The van der Waals surface area contributed by atoms with Gasteiger partial charge in [-0.05, 0) is 47.7 Å². The Morgan fingerprint density at radius 2 is 1.87 bits per heavy atom. The van der Waals surface area contributed by atoms with Crippen molar-refractivity contribution in [3.63, 3.8) is 0 Å². The predicted octanol–water partition coefficient (Wildman–Crippen LogP) is 5.74. The summed E-state index contributed by atoms with van der Waals surface area (Å²) in [5.74, 6) is -0.332. The van der Waals surface area contributed by atoms with Crippen LogP contribution >= 0.6 is 0 Å². The van der Waals surface area contributed by atoms with Crippen molar-refractivity contribution in [1.82, 2.24) is 10.2 Å². The molecule has 8 heteroatoms. The van der Waals surface area contributed by atoms with Gasteiger partial charge in [-0.25, -0.2) is 0 Å². The van der Waals surface area contributed by atoms with Crippen LogP contribution in [0.3, 0.4) is 0 Å². The van der Waals surface area contributed by atoms with Gasteiger partial charge in [0.15, 0.2) is 6.10 Å². The van der Waals surface area contributed by atoms with Crippen LogP contribution in [0.2, 0.25) is 0 Å². The van der Waals surface area contributed by atoms with Gasteiger partial charge in [0.1, 0.15) is 5.75 Å². The Bertz CT molecular complexity index is 1030. The van der Waals surface area contributed by atoms with E-state index in [1.54, 1.807) is 30.5 Å². The Morgan fingerprint density at radius 1 is 1.16 bits per heavy atom. The van der Waals surface area contributed by atoms with E-state index in [1.165, 1.54) is 12.1 Å². The van der Waals surface area contributed by atoms with E-state index in [4.69, 9.17) is 9.84 Å². The highest BCUT2D eigenvalue weighted by Gasteiger charge is 2.31. The second-order valence-corrected chi connectivity index (χ2v) is 7.54. The molecule has 1 unspecified atom stereocenters. The van der Waals surface area contributed by atoms with Gasteiger partial charge >= 0.3 is 12.1 Å². The van der Waals surface area contributed by atoms with Crippen molar-refractivity contribution in [1.29, 1.82) is 0 Å². The maximum atomic E-state index is 13.0. The third-order valence-corrected chi connectivity index (χ3v) is 4.85. The molecular weight excluding hydrogens is 409 g/mol. The van der Waals surface area contributed by atoms with Gasteiger partial charge in [0.05, 0.1) is 11.3 Å². The van der Waals surface area contributed by atoms with E-state index in [0.29, 0.717) is 17.7 Å². The first-order chi connectivity index (χ1) is 14.6. The number of H-pyrrole nitrogens is 1. The number of rotatable bonds is 8. The zero-order chi connectivity index (χ0) is 22.6. The van der Waals surface area contributed by atoms with Crippen molar-refractivity contribution in [3.05, 3.63) is 82.7 Å². The molecule has 1 aromatic heterocycles. The minimum Gasteiger partial charge on any atom is -0.481 e. The third-order valence-electron chi connectivity index (χ3n) is 4.85. The maximum Gasteiger partial charge on any atom is 0.416 e. The number of hydrogen-bond acceptors (Lipinski definition) is 3. The van der Waals surface area contributed by atoms with E-state index in [0.717, 1.165) is 29.0 Å². The minimum absolute atomic E-state index is 0.00891. The van der Waals surface area contributed by atoms with Crippen LogP contribution in [0.25, 0.3) is 0 Å². The van der Waals surface area contributed by atoms with Crippen LogP contribution in [0.5, 0.6) is 5.75 Å². The van der Waals surface area contributed by atoms with Crippen LogP contribution in [0.15, 0.2) is 54.7 Å². The Labute approximate surface area is 177 Å². The van der Waals surface area contributed by atoms with E-state index < -0.39 is 23.8 Å². The molecule has 3 rings (SSSR count). The fourth-order valence-corrected chi connectivity index (χ4v) is 3.30. The summed E-state index contributed by atoms with van der Waals surface area (Å²) in [7, 11) is 0. The zero-order valence-corrected chi connectivity index (χ0v) is 17.1. The molecule has 0 aliphatic carbocycles. The molecule has 0 radical (unpaired) electrons. The van der Waals surface area contributed by atoms with Crippen LogP contribution < -0.4 is 4.74 Å². The molecule has 0 aliphatic heterocycles. The minimum atomic E-state index is -4.42. The van der Waals surface area contributed by atoms with E-state index in [9.17, 15) is 18.0 Å². The lowest BCUT2D eigenvalue weighted by Gasteiger charge is -2.21. The molecule has 31 heavy (non-hydrogen) atoms. The van der Waals surface area contributed by atoms with Crippen molar-refractivity contribution in [2.45, 2.75) is 44.9 Å². The lowest BCUT2D eigenvalue weighted by Crippen LogP contribution is -2.13. The number of nitrogens with zero attached hydrogens (tertiary/aromatic N) is 1. The molecular formula is C23H23F3N2O3. The molecule has 2 aromatic carbocycles. The number of aromatic nitrogens is 2. The molecule has 0 bridgehead atoms. The van der Waals surface area contributed by atoms with Gasteiger partial charge in [0, 0.05) is 18.2 Å². The molecule has 0 saturated heterocycles. The quantitative estimate of drug-likeness (QED) is 0.476. The molecule has 0 fully saturated rings. The fraction of sp³-hybridized carbons (Fsp3) is 0.304. The highest BCUT2D eigenvalue weighted by Crippen LogP contribution is 2.35. The summed E-state index contributed by atoms with van der Waals surface area (Å²) in [5.41, 5.74) is 2.09. The molecule has 164 valence electrons. The number of carboxylic acids is 1. The van der Waals surface area contributed by atoms with Gasteiger partial charge in [-0.2, -0.15) is 18.3 Å². The number of aromatic amines is 1. The maximum absolute atomic E-state index is 13.0. The molecule has 5 nitrogen and oxygen atoms in total. The SMILES string of the molecule is CC(C)c1n[nH]cc1C(Oc1cccc(CCC(=O)O)c1)c1ccc(C(F)(F)F)cc1. The number of halogens is 3. The number of nitrogens with one attached hydrogen (secondary N) is 1. The Kier molecular flexibility index (Phi) is 6.68. The number of ether oxygens (including phenoxy) is 1. The van der Waals surface area contributed by atoms with Crippen LogP contribution in [-0.4, -0.2) is 21.3 Å². The topological polar surface area (TPSA) is 75.2 Å². The van der Waals surface area contributed by atoms with Gasteiger partial charge in [-0.1, -0.05) is 38.1 Å². The first kappa shape index (κ1) is 22.4. The molecule has 1 atom stereocenters. The van der Waals surface area contributed by atoms with E-state index in [-0.39, 0.29) is 12.3 Å². The monoisotopic (exact) mass is 432 g/mol. The van der Waals surface area contributed by atoms with Gasteiger partial charge in [-0.15, -0.1) is 0 Å². The third kappa shape index (κ3) is 5.65. The molecule has 0 amide bonds. The van der Waals surface area contributed by atoms with E-state index in [2.05, 4.69) is 10.2 Å². The van der Waals surface area contributed by atoms with Crippen molar-refractivity contribution >= 4 is 5.97 Å². The number of carboxylic acid groups (broad SMARTS) is 1. The highest BCUT2D eigenvalue weighted by atomic mass is 19.4. The number of aliphatic carboxylic acids is 1. The smallest absolute Gasteiger partial charge is 0.416 e. The number of aryl methyl sites for hydroxylation is 1. The summed E-state index contributed by atoms with van der Waals surface area (Å²) < 4.78 is 45.2. The van der Waals surface area contributed by atoms with Crippen molar-refractivity contribution in [2.75, 3.05) is 0 Å². The average molecular weight is 432 g/mol. The van der Waals surface area contributed by atoms with Gasteiger partial charge in [0.2, 0.25) is 0 Å². The van der Waals surface area contributed by atoms with Gasteiger partial charge < -0.3 is 9.84 Å². The van der Waals surface area contributed by atoms with Crippen molar-refractivity contribution < 1.29 is 27.8 Å². The largest absolute Gasteiger partial charge is 0.481 e. The number of alkyl halides is 3. The zero-order valence-electron chi connectivity index (χ0n) is 17.1. The summed E-state index contributed by atoms with van der Waals surface area (Å²) in [6, 6.07) is 11.9. The predicted molar refractivity (Wildman–Crippen MR) is 109 cm³/mol. The Hall–Kier alpha value is -3.29. The second-order valence-electron chi connectivity index (χ2n) is 7.54. The molecule has 1 heterocycles. The lowest BCUT2D eigenvalue weighted by atomic mass is 9.96. The summed E-state index contributed by atoms with van der Waals surface area (Å²) in [6.07, 6.45) is -3.09. The Balaban J connectivity index is 1.96. The van der Waals surface area contributed by atoms with Crippen LogP contribution in [0.1, 0.15) is 60.2 Å².